The molecule has 0 aliphatic heterocycles. The summed E-state index contributed by atoms with van der Waals surface area (Å²) in [5, 5.41) is 5.58. The topological polar surface area (TPSA) is 80.9 Å². The molecule has 5 nitrogen and oxygen atoms in total. The predicted molar refractivity (Wildman–Crippen MR) is 63.2 cm³/mol. The van der Waals surface area contributed by atoms with Gasteiger partial charge in [0.2, 0.25) is 0 Å². The highest BCUT2D eigenvalue weighted by atomic mass is 35.5. The number of primary amides is 1. The zero-order valence-electron chi connectivity index (χ0n) is 7.98. The fraction of sp³-hybridized carbons (Fsp3) is 0. The van der Waals surface area contributed by atoms with E-state index >= 15 is 0 Å². The lowest BCUT2D eigenvalue weighted by Crippen LogP contribution is -2.11. The van der Waals surface area contributed by atoms with Gasteiger partial charge in [0.05, 0.1) is 11.9 Å². The molecule has 0 aliphatic rings. The Balaban J connectivity index is 2.14. The third kappa shape index (κ3) is 2.47. The number of nitrogens with one attached hydrogen (secondary N) is 1. The van der Waals surface area contributed by atoms with E-state index in [0.717, 1.165) is 5.69 Å². The van der Waals surface area contributed by atoms with E-state index in [4.69, 9.17) is 17.3 Å². The first-order valence-electron chi connectivity index (χ1n) is 4.29. The minimum atomic E-state index is -0.543. The molecule has 0 radical (unpaired) electrons. The molecule has 0 unspecified atom stereocenters. The quantitative estimate of drug-likeness (QED) is 0.822. The Morgan fingerprint density at radius 1 is 1.50 bits per heavy atom. The molecular weight excluding hydrogens is 248 g/mol. The maximum atomic E-state index is 10.8. The lowest BCUT2D eigenvalue weighted by Gasteiger charge is -2.00. The first-order chi connectivity index (χ1) is 7.65. The van der Waals surface area contributed by atoms with Crippen LogP contribution in [0.1, 0.15) is 10.5 Å². The number of anilines is 2. The third-order valence-electron chi connectivity index (χ3n) is 1.74. The molecule has 0 aliphatic carbocycles. The third-order valence-corrected chi connectivity index (χ3v) is 2.72. The normalized spacial score (nSPS) is 10.1. The van der Waals surface area contributed by atoms with Crippen molar-refractivity contribution in [2.24, 2.45) is 5.73 Å². The number of rotatable bonds is 3. The molecule has 16 heavy (non-hydrogen) atoms. The van der Waals surface area contributed by atoms with Crippen LogP contribution in [0.5, 0.6) is 0 Å². The van der Waals surface area contributed by atoms with Crippen LogP contribution in [0.2, 0.25) is 5.15 Å². The Bertz CT molecular complexity index is 510. The Labute approximate surface area is 100 Å². The SMILES string of the molecule is NC(=O)c1csc(Nc2ccc(Cl)nc2)n1. The Hall–Kier alpha value is -1.66. The first kappa shape index (κ1) is 10.8. The molecule has 0 aromatic carbocycles. The minimum Gasteiger partial charge on any atom is -0.364 e. The van der Waals surface area contributed by atoms with Crippen LogP contribution in [0.4, 0.5) is 10.8 Å². The highest BCUT2D eigenvalue weighted by Gasteiger charge is 2.06. The Morgan fingerprint density at radius 3 is 2.88 bits per heavy atom. The monoisotopic (exact) mass is 254 g/mol. The number of hydrogen-bond donors (Lipinski definition) is 2. The van der Waals surface area contributed by atoms with Gasteiger partial charge in [0.15, 0.2) is 5.13 Å². The van der Waals surface area contributed by atoms with Gasteiger partial charge in [-0.25, -0.2) is 9.97 Å². The van der Waals surface area contributed by atoms with E-state index in [1.165, 1.54) is 11.3 Å². The van der Waals surface area contributed by atoms with Crippen LogP contribution in [0.25, 0.3) is 0 Å². The molecule has 0 spiro atoms. The average Bonchev–Trinajstić information content (AvgIpc) is 2.70. The van der Waals surface area contributed by atoms with Gasteiger partial charge in [-0.1, -0.05) is 11.6 Å². The fourth-order valence-corrected chi connectivity index (χ4v) is 1.85. The number of carbonyl (C=O) groups excluding carboxylic acids is 1. The van der Waals surface area contributed by atoms with Gasteiger partial charge in [0.25, 0.3) is 5.91 Å². The second-order valence-electron chi connectivity index (χ2n) is 2.90. The van der Waals surface area contributed by atoms with Crippen molar-refractivity contribution in [1.82, 2.24) is 9.97 Å². The van der Waals surface area contributed by atoms with Crippen molar-refractivity contribution in [2.45, 2.75) is 0 Å². The summed E-state index contributed by atoms with van der Waals surface area (Å²) in [5.74, 6) is -0.543. The fourth-order valence-electron chi connectivity index (χ4n) is 1.02. The molecule has 2 rings (SSSR count). The second-order valence-corrected chi connectivity index (χ2v) is 4.14. The van der Waals surface area contributed by atoms with Gasteiger partial charge in [0, 0.05) is 5.38 Å². The molecule has 2 aromatic rings. The van der Waals surface area contributed by atoms with Gasteiger partial charge in [-0.2, -0.15) is 0 Å². The number of nitrogens with two attached hydrogens (primary N) is 1. The summed E-state index contributed by atoms with van der Waals surface area (Å²) in [4.78, 5) is 18.7. The molecule has 0 saturated carbocycles. The first-order valence-corrected chi connectivity index (χ1v) is 5.55. The zero-order valence-corrected chi connectivity index (χ0v) is 9.55. The average molecular weight is 255 g/mol. The number of thiazole rings is 1. The van der Waals surface area contributed by atoms with Gasteiger partial charge in [-0.05, 0) is 12.1 Å². The van der Waals surface area contributed by atoms with Crippen molar-refractivity contribution < 1.29 is 4.79 Å². The molecular formula is C9H7ClN4OS. The van der Waals surface area contributed by atoms with Crippen LogP contribution in [0, 0.1) is 0 Å². The molecule has 82 valence electrons. The van der Waals surface area contributed by atoms with Gasteiger partial charge >= 0.3 is 0 Å². The molecule has 0 bridgehead atoms. The summed E-state index contributed by atoms with van der Waals surface area (Å²) >= 11 is 6.94. The van der Waals surface area contributed by atoms with Crippen molar-refractivity contribution in [2.75, 3.05) is 5.32 Å². The highest BCUT2D eigenvalue weighted by molar-refractivity contribution is 7.14. The van der Waals surface area contributed by atoms with Crippen molar-refractivity contribution in [3.63, 3.8) is 0 Å². The second kappa shape index (κ2) is 4.46. The van der Waals surface area contributed by atoms with Crippen LogP contribution >= 0.6 is 22.9 Å². The molecule has 0 saturated heterocycles. The highest BCUT2D eigenvalue weighted by Crippen LogP contribution is 2.20. The zero-order chi connectivity index (χ0) is 11.5. The van der Waals surface area contributed by atoms with E-state index in [1.807, 2.05) is 0 Å². The number of amides is 1. The van der Waals surface area contributed by atoms with E-state index in [-0.39, 0.29) is 5.69 Å². The molecule has 0 fully saturated rings. The summed E-state index contributed by atoms with van der Waals surface area (Å²) in [6.07, 6.45) is 1.58. The number of hydrogen-bond acceptors (Lipinski definition) is 5. The van der Waals surface area contributed by atoms with Gasteiger partial charge in [0.1, 0.15) is 10.8 Å². The van der Waals surface area contributed by atoms with Gasteiger partial charge < -0.3 is 11.1 Å². The van der Waals surface area contributed by atoms with Crippen LogP contribution in [-0.2, 0) is 0 Å². The molecule has 2 aromatic heterocycles. The van der Waals surface area contributed by atoms with Gasteiger partial charge in [-0.15, -0.1) is 11.3 Å². The number of halogens is 1. The maximum absolute atomic E-state index is 10.8. The standard InChI is InChI=1S/C9H7ClN4OS/c10-7-2-1-5(3-12-7)13-9-14-6(4-16-9)8(11)15/h1-4H,(H2,11,15)(H,13,14). The van der Waals surface area contributed by atoms with E-state index in [2.05, 4.69) is 15.3 Å². The number of carbonyl (C=O) groups is 1. The summed E-state index contributed by atoms with van der Waals surface area (Å²) in [6, 6.07) is 3.42. The van der Waals surface area contributed by atoms with E-state index in [9.17, 15) is 4.79 Å². The van der Waals surface area contributed by atoms with Crippen LogP contribution in [0.15, 0.2) is 23.7 Å². The molecule has 1 amide bonds. The Morgan fingerprint density at radius 2 is 2.31 bits per heavy atom. The van der Waals surface area contributed by atoms with E-state index in [1.54, 1.807) is 23.7 Å². The predicted octanol–water partition coefficient (Wildman–Crippen LogP) is 2.03. The molecule has 7 heteroatoms. The van der Waals surface area contributed by atoms with Crippen molar-refractivity contribution >= 4 is 39.7 Å². The molecule has 0 atom stereocenters. The number of pyridine rings is 1. The Kier molecular flexibility index (Phi) is 3.02. The van der Waals surface area contributed by atoms with Crippen molar-refractivity contribution in [3.8, 4) is 0 Å². The maximum Gasteiger partial charge on any atom is 0.268 e. The number of nitrogens with zero attached hydrogens (tertiary/aromatic N) is 2. The largest absolute Gasteiger partial charge is 0.364 e. The molecule has 3 N–H and O–H groups in total. The summed E-state index contributed by atoms with van der Waals surface area (Å²) in [5.41, 5.74) is 6.08. The minimum absolute atomic E-state index is 0.245. The van der Waals surface area contributed by atoms with Gasteiger partial charge in [-0.3, -0.25) is 4.79 Å². The number of aromatic nitrogens is 2. The summed E-state index contributed by atoms with van der Waals surface area (Å²) < 4.78 is 0. The van der Waals surface area contributed by atoms with Crippen LogP contribution in [0.3, 0.4) is 0 Å². The van der Waals surface area contributed by atoms with E-state index < -0.39 is 5.91 Å². The van der Waals surface area contributed by atoms with Crippen LogP contribution < -0.4 is 11.1 Å². The van der Waals surface area contributed by atoms with Crippen molar-refractivity contribution in [3.05, 3.63) is 34.6 Å². The summed E-state index contributed by atoms with van der Waals surface area (Å²) in [6.45, 7) is 0. The summed E-state index contributed by atoms with van der Waals surface area (Å²) in [7, 11) is 0. The van der Waals surface area contributed by atoms with Crippen LogP contribution in [-0.4, -0.2) is 15.9 Å². The van der Waals surface area contributed by atoms with Crippen molar-refractivity contribution in [1.29, 1.82) is 0 Å². The smallest absolute Gasteiger partial charge is 0.268 e. The molecule has 2 heterocycles. The van der Waals surface area contributed by atoms with E-state index in [0.29, 0.717) is 10.3 Å². The lowest BCUT2D eigenvalue weighted by molar-refractivity contribution is 0.0996. The lowest BCUT2D eigenvalue weighted by atomic mass is 10.4.